The van der Waals surface area contributed by atoms with Crippen molar-refractivity contribution < 1.29 is 14.4 Å². The molecule has 1 heterocycles. The third-order valence-electron chi connectivity index (χ3n) is 3.38. The molecule has 1 aromatic carbocycles. The number of methoxy groups -OCH3 is 1. The van der Waals surface area contributed by atoms with Crippen LogP contribution in [0, 0.1) is 0 Å². The molecule has 0 aromatic heterocycles. The Balaban J connectivity index is 2.20. The van der Waals surface area contributed by atoms with Gasteiger partial charge in [-0.3, -0.25) is 4.89 Å². The standard InChI is InChI=1S/C13H20BNO3/c1-4-15(2)8-11-7-10(5-6-13(11)16-3)12-9-17-18-14-12/h5-7,12,14H,4,8-9H2,1-3H3. The van der Waals surface area contributed by atoms with E-state index in [-0.39, 0.29) is 0 Å². The largest absolute Gasteiger partial charge is 0.496 e. The SMILES string of the molecule is CCN(C)Cc1cc(C2BOOC2)ccc1OC. The zero-order valence-electron chi connectivity index (χ0n) is 11.3. The Morgan fingerprint density at radius 2 is 2.33 bits per heavy atom. The molecule has 4 nitrogen and oxygen atoms in total. The number of hydrogen-bond acceptors (Lipinski definition) is 4. The molecule has 0 N–H and O–H groups in total. The maximum Gasteiger partial charge on any atom is 0.333 e. The van der Waals surface area contributed by atoms with Crippen LogP contribution in [0.1, 0.15) is 23.9 Å². The first-order chi connectivity index (χ1) is 8.74. The molecule has 5 heteroatoms. The van der Waals surface area contributed by atoms with Gasteiger partial charge in [0.1, 0.15) is 5.75 Å². The molecule has 1 fully saturated rings. The summed E-state index contributed by atoms with van der Waals surface area (Å²) in [6, 6.07) is 6.33. The summed E-state index contributed by atoms with van der Waals surface area (Å²) in [5.74, 6) is 1.28. The van der Waals surface area contributed by atoms with Gasteiger partial charge in [-0.1, -0.05) is 19.1 Å². The highest BCUT2D eigenvalue weighted by Crippen LogP contribution is 2.27. The number of ether oxygens (including phenoxy) is 1. The first-order valence-electron chi connectivity index (χ1n) is 6.34. The van der Waals surface area contributed by atoms with Crippen LogP contribution in [0.5, 0.6) is 5.75 Å². The van der Waals surface area contributed by atoms with Crippen molar-refractivity contribution in [2.45, 2.75) is 19.3 Å². The van der Waals surface area contributed by atoms with Crippen LogP contribution >= 0.6 is 0 Å². The third kappa shape index (κ3) is 3.04. The van der Waals surface area contributed by atoms with Crippen LogP contribution in [-0.4, -0.2) is 39.7 Å². The van der Waals surface area contributed by atoms with Crippen molar-refractivity contribution >= 4 is 7.48 Å². The maximum atomic E-state index is 5.42. The lowest BCUT2D eigenvalue weighted by molar-refractivity contribution is -0.183. The summed E-state index contributed by atoms with van der Waals surface area (Å²) in [6.07, 6.45) is 0. The van der Waals surface area contributed by atoms with E-state index in [0.717, 1.165) is 18.8 Å². The van der Waals surface area contributed by atoms with Crippen molar-refractivity contribution in [1.29, 1.82) is 0 Å². The van der Waals surface area contributed by atoms with Gasteiger partial charge >= 0.3 is 7.48 Å². The Hall–Kier alpha value is -1.04. The van der Waals surface area contributed by atoms with Crippen molar-refractivity contribution in [3.63, 3.8) is 0 Å². The molecule has 18 heavy (non-hydrogen) atoms. The Morgan fingerprint density at radius 3 is 2.94 bits per heavy atom. The van der Waals surface area contributed by atoms with E-state index in [2.05, 4.69) is 31.0 Å². The average molecular weight is 249 g/mol. The van der Waals surface area contributed by atoms with Crippen LogP contribution in [-0.2, 0) is 16.2 Å². The fourth-order valence-electron chi connectivity index (χ4n) is 2.08. The van der Waals surface area contributed by atoms with Gasteiger partial charge in [0, 0.05) is 17.9 Å². The number of rotatable bonds is 5. The quantitative estimate of drug-likeness (QED) is 0.584. The molecule has 2 rings (SSSR count). The van der Waals surface area contributed by atoms with Gasteiger partial charge in [-0.15, -0.1) is 0 Å². The molecule has 1 atom stereocenters. The summed E-state index contributed by atoms with van der Waals surface area (Å²) in [4.78, 5) is 12.2. The van der Waals surface area contributed by atoms with E-state index < -0.39 is 0 Å². The fraction of sp³-hybridized carbons (Fsp3) is 0.538. The predicted octanol–water partition coefficient (Wildman–Crippen LogP) is 1.50. The molecule has 98 valence electrons. The molecule has 1 aliphatic rings. The highest BCUT2D eigenvalue weighted by molar-refractivity contribution is 6.30. The molecule has 0 aliphatic carbocycles. The van der Waals surface area contributed by atoms with Gasteiger partial charge in [-0.25, -0.2) is 0 Å². The van der Waals surface area contributed by atoms with E-state index >= 15 is 0 Å². The summed E-state index contributed by atoms with van der Waals surface area (Å²) < 4.78 is 5.42. The predicted molar refractivity (Wildman–Crippen MR) is 71.9 cm³/mol. The number of benzene rings is 1. The minimum absolute atomic E-state index is 0.335. The van der Waals surface area contributed by atoms with Gasteiger partial charge in [-0.2, -0.15) is 0 Å². The Morgan fingerprint density at radius 1 is 1.50 bits per heavy atom. The second-order valence-corrected chi connectivity index (χ2v) is 4.67. The summed E-state index contributed by atoms with van der Waals surface area (Å²) >= 11 is 0. The Labute approximate surface area is 109 Å². The van der Waals surface area contributed by atoms with Crippen molar-refractivity contribution in [3.05, 3.63) is 29.3 Å². The van der Waals surface area contributed by atoms with Crippen LogP contribution in [0.3, 0.4) is 0 Å². The zero-order valence-corrected chi connectivity index (χ0v) is 11.3. The van der Waals surface area contributed by atoms with E-state index in [1.54, 1.807) is 7.11 Å². The van der Waals surface area contributed by atoms with Gasteiger partial charge < -0.3 is 14.4 Å². The van der Waals surface area contributed by atoms with Crippen LogP contribution in [0.15, 0.2) is 18.2 Å². The van der Waals surface area contributed by atoms with E-state index in [1.165, 1.54) is 11.1 Å². The topological polar surface area (TPSA) is 30.9 Å². The van der Waals surface area contributed by atoms with Gasteiger partial charge in [0.15, 0.2) is 0 Å². The molecule has 0 radical (unpaired) electrons. The maximum absolute atomic E-state index is 5.42. The van der Waals surface area contributed by atoms with Crippen LogP contribution < -0.4 is 4.74 Å². The smallest absolute Gasteiger partial charge is 0.333 e. The number of hydrogen-bond donors (Lipinski definition) is 0. The second kappa shape index (κ2) is 6.23. The third-order valence-corrected chi connectivity index (χ3v) is 3.38. The highest BCUT2D eigenvalue weighted by Gasteiger charge is 2.22. The molecule has 1 aliphatic heterocycles. The summed E-state index contributed by atoms with van der Waals surface area (Å²) in [5, 5.41) is 0. The first-order valence-corrected chi connectivity index (χ1v) is 6.34. The summed E-state index contributed by atoms with van der Waals surface area (Å²) in [5.41, 5.74) is 2.47. The lowest BCUT2D eigenvalue weighted by Crippen LogP contribution is -2.17. The molecule has 0 spiro atoms. The fourth-order valence-corrected chi connectivity index (χ4v) is 2.08. The Kier molecular flexibility index (Phi) is 4.63. The summed E-state index contributed by atoms with van der Waals surface area (Å²) in [6.45, 7) is 4.69. The van der Waals surface area contributed by atoms with Crippen molar-refractivity contribution in [2.24, 2.45) is 0 Å². The minimum Gasteiger partial charge on any atom is -0.496 e. The van der Waals surface area contributed by atoms with Gasteiger partial charge in [0.25, 0.3) is 0 Å². The molecular weight excluding hydrogens is 229 g/mol. The first kappa shape index (κ1) is 13.4. The van der Waals surface area contributed by atoms with E-state index in [1.807, 2.05) is 6.07 Å². The van der Waals surface area contributed by atoms with Gasteiger partial charge in [0.2, 0.25) is 0 Å². The van der Waals surface area contributed by atoms with Gasteiger partial charge in [-0.05, 0) is 25.2 Å². The summed E-state index contributed by atoms with van der Waals surface area (Å²) in [7, 11) is 4.45. The molecule has 1 unspecified atom stereocenters. The van der Waals surface area contributed by atoms with Crippen LogP contribution in [0.25, 0.3) is 0 Å². The number of nitrogens with zero attached hydrogens (tertiary/aromatic N) is 1. The van der Waals surface area contributed by atoms with Gasteiger partial charge in [0.05, 0.1) is 13.7 Å². The van der Waals surface area contributed by atoms with Crippen LogP contribution in [0.4, 0.5) is 0 Å². The van der Waals surface area contributed by atoms with E-state index in [9.17, 15) is 0 Å². The highest BCUT2D eigenvalue weighted by atomic mass is 17.2. The molecular formula is C13H20BNO3. The monoisotopic (exact) mass is 249 g/mol. The van der Waals surface area contributed by atoms with E-state index in [0.29, 0.717) is 19.9 Å². The lowest BCUT2D eigenvalue weighted by atomic mass is 9.76. The van der Waals surface area contributed by atoms with Crippen LogP contribution in [0.2, 0.25) is 0 Å². The normalized spacial score (nSPS) is 19.0. The van der Waals surface area contributed by atoms with Crippen molar-refractivity contribution in [3.8, 4) is 5.75 Å². The molecule has 0 saturated carbocycles. The Bertz CT molecular complexity index is 394. The van der Waals surface area contributed by atoms with E-state index in [4.69, 9.17) is 14.4 Å². The zero-order chi connectivity index (χ0) is 13.0. The minimum atomic E-state index is 0.335. The second-order valence-electron chi connectivity index (χ2n) is 4.67. The average Bonchev–Trinajstić information content (AvgIpc) is 2.92. The van der Waals surface area contributed by atoms with Crippen molar-refractivity contribution in [1.82, 2.24) is 4.90 Å². The molecule has 1 saturated heterocycles. The molecule has 1 aromatic rings. The lowest BCUT2D eigenvalue weighted by Gasteiger charge is -2.18. The van der Waals surface area contributed by atoms with Crippen molar-refractivity contribution in [2.75, 3.05) is 27.3 Å². The molecule has 0 amide bonds. The molecule has 0 bridgehead atoms.